The van der Waals surface area contributed by atoms with Gasteiger partial charge in [0.2, 0.25) is 5.95 Å². The lowest BCUT2D eigenvalue weighted by molar-refractivity contribution is -0.138. The summed E-state index contributed by atoms with van der Waals surface area (Å²) in [5.41, 5.74) is -0.827. The second-order valence-corrected chi connectivity index (χ2v) is 4.36. The van der Waals surface area contributed by atoms with E-state index >= 15 is 0 Å². The van der Waals surface area contributed by atoms with E-state index in [0.717, 1.165) is 32.1 Å². The van der Waals surface area contributed by atoms with E-state index in [4.69, 9.17) is 0 Å². The molecule has 4 nitrogen and oxygen atoms in total. The fourth-order valence-electron chi connectivity index (χ4n) is 1.96. The highest BCUT2D eigenvalue weighted by Crippen LogP contribution is 2.30. The van der Waals surface area contributed by atoms with Gasteiger partial charge in [-0.3, -0.25) is 0 Å². The highest BCUT2D eigenvalue weighted by Gasteiger charge is 2.33. The highest BCUT2D eigenvalue weighted by molar-refractivity contribution is 5.31. The Bertz CT molecular complexity index is 413. The minimum Gasteiger partial charge on any atom is -0.351 e. The first kappa shape index (κ1) is 13.1. The monoisotopic (exact) mass is 260 g/mol. The van der Waals surface area contributed by atoms with E-state index < -0.39 is 11.7 Å². The van der Waals surface area contributed by atoms with Gasteiger partial charge >= 0.3 is 6.18 Å². The summed E-state index contributed by atoms with van der Waals surface area (Å²) in [6, 6.07) is 0.224. The van der Waals surface area contributed by atoms with E-state index in [1.54, 1.807) is 0 Å². The van der Waals surface area contributed by atoms with E-state index in [2.05, 4.69) is 20.6 Å². The summed E-state index contributed by atoms with van der Waals surface area (Å²) >= 11 is 0. The fourth-order valence-corrected chi connectivity index (χ4v) is 1.96. The molecule has 1 aromatic rings. The minimum atomic E-state index is -4.39. The van der Waals surface area contributed by atoms with Gasteiger partial charge in [-0.1, -0.05) is 0 Å². The van der Waals surface area contributed by atoms with Crippen LogP contribution in [0, 0.1) is 6.92 Å². The molecule has 0 unspecified atom stereocenters. The van der Waals surface area contributed by atoms with Gasteiger partial charge in [-0.05, 0) is 32.9 Å². The van der Waals surface area contributed by atoms with Gasteiger partial charge in [0, 0.05) is 12.2 Å². The summed E-state index contributed by atoms with van der Waals surface area (Å²) in [6.45, 7) is 3.15. The molecule has 0 amide bonds. The molecule has 0 radical (unpaired) electrons. The van der Waals surface area contributed by atoms with Crippen molar-refractivity contribution in [1.29, 1.82) is 0 Å². The molecular formula is C11H15F3N4. The summed E-state index contributed by atoms with van der Waals surface area (Å²) < 4.78 is 37.6. The molecule has 1 aliphatic heterocycles. The van der Waals surface area contributed by atoms with Crippen LogP contribution >= 0.6 is 0 Å². The number of aryl methyl sites for hydroxylation is 1. The quantitative estimate of drug-likeness (QED) is 0.853. The molecule has 0 saturated carbocycles. The van der Waals surface area contributed by atoms with Crippen LogP contribution in [0.3, 0.4) is 0 Å². The summed E-state index contributed by atoms with van der Waals surface area (Å²) in [7, 11) is 0. The van der Waals surface area contributed by atoms with Gasteiger partial charge in [0.25, 0.3) is 0 Å². The van der Waals surface area contributed by atoms with Crippen LogP contribution in [0.15, 0.2) is 6.20 Å². The van der Waals surface area contributed by atoms with Crippen molar-refractivity contribution in [2.75, 3.05) is 18.4 Å². The lowest BCUT2D eigenvalue weighted by atomic mass is 10.1. The third kappa shape index (κ3) is 3.10. The Kier molecular flexibility index (Phi) is 3.70. The molecule has 18 heavy (non-hydrogen) atoms. The minimum absolute atomic E-state index is 0.0473. The number of rotatable bonds is 2. The van der Waals surface area contributed by atoms with E-state index in [1.165, 1.54) is 6.92 Å². The molecule has 1 aromatic heterocycles. The summed E-state index contributed by atoms with van der Waals surface area (Å²) in [5, 5.41) is 6.28. The van der Waals surface area contributed by atoms with Crippen LogP contribution in [0.2, 0.25) is 0 Å². The Balaban J connectivity index is 2.08. The topological polar surface area (TPSA) is 49.8 Å². The Morgan fingerprint density at radius 3 is 2.56 bits per heavy atom. The zero-order valence-corrected chi connectivity index (χ0v) is 10.0. The van der Waals surface area contributed by atoms with E-state index in [-0.39, 0.29) is 17.7 Å². The second kappa shape index (κ2) is 5.09. The molecular weight excluding hydrogens is 245 g/mol. The first-order valence-electron chi connectivity index (χ1n) is 5.85. The molecule has 2 rings (SSSR count). The van der Waals surface area contributed by atoms with E-state index in [1.807, 2.05) is 0 Å². The number of nitrogens with zero attached hydrogens (tertiary/aromatic N) is 2. The SMILES string of the molecule is Cc1nc(NC2CCNCC2)ncc1C(F)(F)F. The molecule has 2 heterocycles. The number of anilines is 1. The van der Waals surface area contributed by atoms with E-state index in [9.17, 15) is 13.2 Å². The van der Waals surface area contributed by atoms with Gasteiger partial charge in [0.15, 0.2) is 0 Å². The molecule has 100 valence electrons. The smallest absolute Gasteiger partial charge is 0.351 e. The van der Waals surface area contributed by atoms with Crippen molar-refractivity contribution in [3.63, 3.8) is 0 Å². The van der Waals surface area contributed by atoms with Crippen LogP contribution in [0.1, 0.15) is 24.1 Å². The first-order chi connectivity index (χ1) is 8.47. The maximum atomic E-state index is 12.5. The van der Waals surface area contributed by atoms with E-state index in [0.29, 0.717) is 0 Å². The van der Waals surface area contributed by atoms with Crippen molar-refractivity contribution in [2.24, 2.45) is 0 Å². The normalized spacial score (nSPS) is 17.8. The maximum absolute atomic E-state index is 12.5. The molecule has 7 heteroatoms. The fraction of sp³-hybridized carbons (Fsp3) is 0.636. The number of hydrogen-bond donors (Lipinski definition) is 2. The average molecular weight is 260 g/mol. The van der Waals surface area contributed by atoms with Crippen LogP contribution in [0.25, 0.3) is 0 Å². The molecule has 2 N–H and O–H groups in total. The molecule has 1 aliphatic rings. The number of nitrogens with one attached hydrogen (secondary N) is 2. The molecule has 1 fully saturated rings. The van der Waals surface area contributed by atoms with Gasteiger partial charge in [0.05, 0.1) is 11.3 Å². The van der Waals surface area contributed by atoms with Gasteiger partial charge < -0.3 is 10.6 Å². The van der Waals surface area contributed by atoms with Gasteiger partial charge in [0.1, 0.15) is 0 Å². The van der Waals surface area contributed by atoms with Crippen molar-refractivity contribution in [3.8, 4) is 0 Å². The largest absolute Gasteiger partial charge is 0.419 e. The molecule has 0 aliphatic carbocycles. The van der Waals surface area contributed by atoms with Gasteiger partial charge in [-0.2, -0.15) is 13.2 Å². The summed E-state index contributed by atoms with van der Waals surface area (Å²) in [6.07, 6.45) is -1.71. The zero-order chi connectivity index (χ0) is 13.2. The Labute approximate surface area is 103 Å². The number of hydrogen-bond acceptors (Lipinski definition) is 4. The summed E-state index contributed by atoms with van der Waals surface area (Å²) in [4.78, 5) is 7.61. The maximum Gasteiger partial charge on any atom is 0.419 e. The van der Waals surface area contributed by atoms with Crippen molar-refractivity contribution < 1.29 is 13.2 Å². The number of piperidine rings is 1. The third-order valence-corrected chi connectivity index (χ3v) is 2.96. The van der Waals surface area contributed by atoms with Crippen LogP contribution < -0.4 is 10.6 Å². The highest BCUT2D eigenvalue weighted by atomic mass is 19.4. The van der Waals surface area contributed by atoms with Crippen molar-refractivity contribution >= 4 is 5.95 Å². The lowest BCUT2D eigenvalue weighted by Crippen LogP contribution is -2.35. The standard InChI is InChI=1S/C11H15F3N4/c1-7-9(11(12,13)14)6-16-10(17-7)18-8-2-4-15-5-3-8/h6,8,15H,2-5H2,1H3,(H,16,17,18). The van der Waals surface area contributed by atoms with Crippen LogP contribution in [0.5, 0.6) is 0 Å². The van der Waals surface area contributed by atoms with Crippen molar-refractivity contribution in [3.05, 3.63) is 17.5 Å². The lowest BCUT2D eigenvalue weighted by Gasteiger charge is -2.23. The Hall–Kier alpha value is -1.37. The average Bonchev–Trinajstić information content (AvgIpc) is 2.28. The number of alkyl halides is 3. The predicted octanol–water partition coefficient (Wildman–Crippen LogP) is 1.97. The van der Waals surface area contributed by atoms with Gasteiger partial charge in [-0.25, -0.2) is 9.97 Å². The molecule has 0 atom stereocenters. The summed E-state index contributed by atoms with van der Waals surface area (Å²) in [5.74, 6) is 0.271. The molecule has 0 aromatic carbocycles. The molecule has 1 saturated heterocycles. The third-order valence-electron chi connectivity index (χ3n) is 2.96. The second-order valence-electron chi connectivity index (χ2n) is 4.36. The first-order valence-corrected chi connectivity index (χ1v) is 5.85. The van der Waals surface area contributed by atoms with Crippen LogP contribution in [-0.4, -0.2) is 29.1 Å². The Morgan fingerprint density at radius 1 is 1.33 bits per heavy atom. The number of halogens is 3. The van der Waals surface area contributed by atoms with Crippen LogP contribution in [-0.2, 0) is 6.18 Å². The number of aromatic nitrogens is 2. The predicted molar refractivity (Wildman–Crippen MR) is 61.3 cm³/mol. The molecule has 0 spiro atoms. The zero-order valence-electron chi connectivity index (χ0n) is 10.0. The Morgan fingerprint density at radius 2 is 2.00 bits per heavy atom. The van der Waals surface area contributed by atoms with Crippen LogP contribution in [0.4, 0.5) is 19.1 Å². The van der Waals surface area contributed by atoms with Crippen molar-refractivity contribution in [1.82, 2.24) is 15.3 Å². The van der Waals surface area contributed by atoms with Gasteiger partial charge in [-0.15, -0.1) is 0 Å². The molecule has 0 bridgehead atoms. The van der Waals surface area contributed by atoms with Crippen molar-refractivity contribution in [2.45, 2.75) is 32.0 Å².